The van der Waals surface area contributed by atoms with E-state index >= 15 is 0 Å². The number of rotatable bonds is 4. The minimum absolute atomic E-state index is 0.122. The molecule has 0 bridgehead atoms. The summed E-state index contributed by atoms with van der Waals surface area (Å²) in [5, 5.41) is 14.2. The first-order valence-electron chi connectivity index (χ1n) is 6.14. The van der Waals surface area contributed by atoms with Crippen molar-refractivity contribution in [2.24, 2.45) is 0 Å². The quantitative estimate of drug-likeness (QED) is 0.752. The summed E-state index contributed by atoms with van der Waals surface area (Å²) in [6.07, 6.45) is 1.95. The van der Waals surface area contributed by atoms with E-state index in [1.54, 1.807) is 30.0 Å². The predicted octanol–water partition coefficient (Wildman–Crippen LogP) is 3.75. The van der Waals surface area contributed by atoms with Crippen LogP contribution in [0.5, 0.6) is 0 Å². The molecule has 2 amide bonds. The number of amides is 2. The number of carboxylic acids is 1. The lowest BCUT2D eigenvalue weighted by molar-refractivity contribution is 0.0697. The van der Waals surface area contributed by atoms with Crippen LogP contribution in [0.4, 0.5) is 16.2 Å². The molecule has 0 aliphatic heterocycles. The zero-order valence-corrected chi connectivity index (χ0v) is 12.1. The topological polar surface area (TPSA) is 78.4 Å². The number of aromatic carboxylic acids is 1. The van der Waals surface area contributed by atoms with Gasteiger partial charge in [0.05, 0.1) is 5.56 Å². The summed E-state index contributed by atoms with van der Waals surface area (Å²) in [6, 6.07) is 13.1. The maximum absolute atomic E-state index is 11.9. The van der Waals surface area contributed by atoms with E-state index in [-0.39, 0.29) is 5.56 Å². The highest BCUT2D eigenvalue weighted by atomic mass is 32.2. The van der Waals surface area contributed by atoms with Crippen molar-refractivity contribution in [1.82, 2.24) is 0 Å². The summed E-state index contributed by atoms with van der Waals surface area (Å²) >= 11 is 1.58. The van der Waals surface area contributed by atoms with Crippen molar-refractivity contribution in [2.45, 2.75) is 4.90 Å². The number of hydrogen-bond acceptors (Lipinski definition) is 3. The van der Waals surface area contributed by atoms with E-state index in [0.29, 0.717) is 11.4 Å². The molecule has 21 heavy (non-hydrogen) atoms. The lowest BCUT2D eigenvalue weighted by Gasteiger charge is -2.09. The van der Waals surface area contributed by atoms with Crippen LogP contribution >= 0.6 is 11.8 Å². The molecule has 0 radical (unpaired) electrons. The van der Waals surface area contributed by atoms with Crippen LogP contribution in [-0.2, 0) is 0 Å². The van der Waals surface area contributed by atoms with Crippen LogP contribution in [0.15, 0.2) is 53.4 Å². The molecule has 0 heterocycles. The van der Waals surface area contributed by atoms with Crippen LogP contribution in [-0.4, -0.2) is 23.4 Å². The van der Waals surface area contributed by atoms with E-state index in [2.05, 4.69) is 10.6 Å². The molecule has 0 atom stereocenters. The molecule has 2 rings (SSSR count). The molecule has 0 saturated heterocycles. The van der Waals surface area contributed by atoms with Gasteiger partial charge in [0, 0.05) is 16.3 Å². The number of anilines is 2. The summed E-state index contributed by atoms with van der Waals surface area (Å²) in [6.45, 7) is 0. The molecule has 0 aromatic heterocycles. The monoisotopic (exact) mass is 302 g/mol. The summed E-state index contributed by atoms with van der Waals surface area (Å²) in [4.78, 5) is 23.8. The van der Waals surface area contributed by atoms with E-state index in [1.807, 2.05) is 24.5 Å². The van der Waals surface area contributed by atoms with Crippen LogP contribution in [0.1, 0.15) is 10.4 Å². The fourth-order valence-corrected chi connectivity index (χ4v) is 2.18. The number of nitrogens with one attached hydrogen (secondary N) is 2. The Morgan fingerprint density at radius 3 is 2.24 bits per heavy atom. The van der Waals surface area contributed by atoms with Crippen molar-refractivity contribution in [3.8, 4) is 0 Å². The molecule has 0 aliphatic rings. The molecular formula is C15H14N2O3S. The number of carbonyl (C=O) groups excluding carboxylic acids is 1. The van der Waals surface area contributed by atoms with Gasteiger partial charge in [-0.1, -0.05) is 12.1 Å². The molecule has 0 saturated carbocycles. The van der Waals surface area contributed by atoms with Gasteiger partial charge < -0.3 is 15.7 Å². The lowest BCUT2D eigenvalue weighted by Crippen LogP contribution is -2.19. The second-order valence-corrected chi connectivity index (χ2v) is 5.08. The van der Waals surface area contributed by atoms with Crippen LogP contribution in [0, 0.1) is 0 Å². The molecule has 0 aliphatic carbocycles. The van der Waals surface area contributed by atoms with Crippen LogP contribution < -0.4 is 10.6 Å². The maximum Gasteiger partial charge on any atom is 0.335 e. The number of carbonyl (C=O) groups is 2. The van der Waals surface area contributed by atoms with Crippen molar-refractivity contribution in [2.75, 3.05) is 16.9 Å². The van der Waals surface area contributed by atoms with Crippen molar-refractivity contribution < 1.29 is 14.7 Å². The number of hydrogen-bond donors (Lipinski definition) is 3. The number of thioether (sulfide) groups is 1. The van der Waals surface area contributed by atoms with Gasteiger partial charge >= 0.3 is 12.0 Å². The minimum atomic E-state index is -1.04. The molecule has 0 spiro atoms. The third-order valence-electron chi connectivity index (χ3n) is 2.69. The minimum Gasteiger partial charge on any atom is -0.478 e. The van der Waals surface area contributed by atoms with Gasteiger partial charge in [-0.2, -0.15) is 0 Å². The van der Waals surface area contributed by atoms with E-state index in [0.717, 1.165) is 4.90 Å². The van der Waals surface area contributed by atoms with Crippen LogP contribution in [0.2, 0.25) is 0 Å². The summed E-state index contributed by atoms with van der Waals surface area (Å²) in [5.41, 5.74) is 1.22. The molecular weight excluding hydrogens is 288 g/mol. The van der Waals surface area contributed by atoms with Crippen molar-refractivity contribution in [1.29, 1.82) is 0 Å². The normalized spacial score (nSPS) is 9.95. The Kier molecular flexibility index (Phi) is 4.84. The Bertz CT molecular complexity index is 673. The van der Waals surface area contributed by atoms with Gasteiger partial charge in [0.15, 0.2) is 0 Å². The highest BCUT2D eigenvalue weighted by Gasteiger charge is 2.06. The van der Waals surface area contributed by atoms with E-state index in [1.165, 1.54) is 12.1 Å². The highest BCUT2D eigenvalue weighted by Crippen LogP contribution is 2.19. The molecule has 108 valence electrons. The van der Waals surface area contributed by atoms with Gasteiger partial charge in [-0.15, -0.1) is 11.8 Å². The van der Waals surface area contributed by atoms with Gasteiger partial charge in [-0.05, 0) is 42.7 Å². The average Bonchev–Trinajstić information content (AvgIpc) is 2.47. The summed E-state index contributed by atoms with van der Waals surface area (Å²) in [5.74, 6) is -1.04. The third kappa shape index (κ3) is 4.25. The smallest absolute Gasteiger partial charge is 0.335 e. The number of carboxylic acid groups (broad SMARTS) is 1. The molecule has 2 aromatic rings. The molecule has 6 heteroatoms. The third-order valence-corrected chi connectivity index (χ3v) is 3.42. The number of benzene rings is 2. The Labute approximate surface area is 126 Å². The highest BCUT2D eigenvalue weighted by molar-refractivity contribution is 7.98. The maximum atomic E-state index is 11.9. The van der Waals surface area contributed by atoms with Gasteiger partial charge in [-0.25, -0.2) is 9.59 Å². The Balaban J connectivity index is 2.04. The summed E-state index contributed by atoms with van der Waals surface area (Å²) < 4.78 is 0. The van der Waals surface area contributed by atoms with Crippen molar-refractivity contribution in [3.63, 3.8) is 0 Å². The van der Waals surface area contributed by atoms with E-state index in [9.17, 15) is 9.59 Å². The fraction of sp³-hybridized carbons (Fsp3) is 0.0667. The average molecular weight is 302 g/mol. The lowest BCUT2D eigenvalue weighted by atomic mass is 10.2. The Hall–Kier alpha value is -2.47. The standard InChI is InChI=1S/C15H14N2O3S/c1-21-13-7-3-6-12(9-13)17-15(20)16-11-5-2-4-10(8-11)14(18)19/h2-9H,1H3,(H,18,19)(H2,16,17,20). The van der Waals surface area contributed by atoms with Gasteiger partial charge in [0.1, 0.15) is 0 Å². The first-order chi connectivity index (χ1) is 10.1. The Morgan fingerprint density at radius 1 is 1.00 bits per heavy atom. The SMILES string of the molecule is CSc1cccc(NC(=O)Nc2cccc(C(=O)O)c2)c1. The van der Waals surface area contributed by atoms with E-state index < -0.39 is 12.0 Å². The van der Waals surface area contributed by atoms with Crippen molar-refractivity contribution >= 4 is 35.1 Å². The van der Waals surface area contributed by atoms with Crippen molar-refractivity contribution in [3.05, 3.63) is 54.1 Å². The molecule has 0 unspecified atom stereocenters. The van der Waals surface area contributed by atoms with Gasteiger partial charge in [0.2, 0.25) is 0 Å². The second-order valence-electron chi connectivity index (χ2n) is 4.20. The van der Waals surface area contributed by atoms with Crippen LogP contribution in [0.3, 0.4) is 0 Å². The second kappa shape index (κ2) is 6.81. The molecule has 2 aromatic carbocycles. The summed E-state index contributed by atoms with van der Waals surface area (Å²) in [7, 11) is 0. The molecule has 5 nitrogen and oxygen atoms in total. The Morgan fingerprint density at radius 2 is 1.62 bits per heavy atom. The van der Waals surface area contributed by atoms with E-state index in [4.69, 9.17) is 5.11 Å². The van der Waals surface area contributed by atoms with Gasteiger partial charge in [0.25, 0.3) is 0 Å². The zero-order chi connectivity index (χ0) is 15.2. The first-order valence-corrected chi connectivity index (χ1v) is 7.36. The van der Waals surface area contributed by atoms with Gasteiger partial charge in [-0.3, -0.25) is 0 Å². The van der Waals surface area contributed by atoms with Crippen LogP contribution in [0.25, 0.3) is 0 Å². The zero-order valence-electron chi connectivity index (χ0n) is 11.3. The fourth-order valence-electron chi connectivity index (χ4n) is 1.72. The predicted molar refractivity (Wildman–Crippen MR) is 84.3 cm³/mol. The largest absolute Gasteiger partial charge is 0.478 e. The number of urea groups is 1. The molecule has 3 N–H and O–H groups in total. The molecule has 0 fully saturated rings. The first kappa shape index (κ1) is 14.9.